The number of carbonyl (C=O) groups excluding carboxylic acids is 2. The predicted octanol–water partition coefficient (Wildman–Crippen LogP) is 2.40. The molecular weight excluding hydrogens is 368 g/mol. The third-order valence-electron chi connectivity index (χ3n) is 3.86. The van der Waals surface area contributed by atoms with Crippen molar-refractivity contribution in [2.75, 3.05) is 18.5 Å². The van der Waals surface area contributed by atoms with Gasteiger partial charge in [-0.2, -0.15) is 0 Å². The second-order valence-corrected chi connectivity index (χ2v) is 7.72. The van der Waals surface area contributed by atoms with Gasteiger partial charge in [0.2, 0.25) is 10.0 Å². The molecule has 0 bridgehead atoms. The summed E-state index contributed by atoms with van der Waals surface area (Å²) in [5, 5.41) is 2.66. The zero-order valence-electron chi connectivity index (χ0n) is 15.4. The van der Waals surface area contributed by atoms with Crippen molar-refractivity contribution in [3.05, 3.63) is 59.2 Å². The summed E-state index contributed by atoms with van der Waals surface area (Å²) in [5.74, 6) is -1.17. The summed E-state index contributed by atoms with van der Waals surface area (Å²) in [6.07, 6.45) is 0. The van der Waals surface area contributed by atoms with Gasteiger partial charge in [-0.3, -0.25) is 4.79 Å². The minimum absolute atomic E-state index is 0.0494. The third-order valence-corrected chi connectivity index (χ3v) is 5.42. The number of aryl methyl sites for hydroxylation is 2. The van der Waals surface area contributed by atoms with Crippen LogP contribution in [-0.4, -0.2) is 33.4 Å². The summed E-state index contributed by atoms with van der Waals surface area (Å²) in [6, 6.07) is 10.8. The number of amides is 1. The van der Waals surface area contributed by atoms with Gasteiger partial charge < -0.3 is 10.1 Å². The molecule has 27 heavy (non-hydrogen) atoms. The maximum absolute atomic E-state index is 12.0. The van der Waals surface area contributed by atoms with E-state index in [1.165, 1.54) is 24.3 Å². The summed E-state index contributed by atoms with van der Waals surface area (Å²) in [7, 11) is -3.59. The summed E-state index contributed by atoms with van der Waals surface area (Å²) < 4.78 is 31.1. The Bertz CT molecular complexity index is 937. The average Bonchev–Trinajstić information content (AvgIpc) is 2.63. The monoisotopic (exact) mass is 390 g/mol. The van der Waals surface area contributed by atoms with E-state index in [-0.39, 0.29) is 17.0 Å². The molecule has 2 aromatic carbocycles. The Balaban J connectivity index is 1.93. The second kappa shape index (κ2) is 8.79. The lowest BCUT2D eigenvalue weighted by Crippen LogP contribution is -2.23. The maximum atomic E-state index is 12.0. The molecule has 7 nitrogen and oxygen atoms in total. The molecular formula is C19H22N2O5S. The predicted molar refractivity (Wildman–Crippen MR) is 102 cm³/mol. The van der Waals surface area contributed by atoms with E-state index in [0.29, 0.717) is 5.69 Å². The molecule has 8 heteroatoms. The number of benzene rings is 2. The van der Waals surface area contributed by atoms with E-state index in [0.717, 1.165) is 11.1 Å². The van der Waals surface area contributed by atoms with Crippen LogP contribution in [0.2, 0.25) is 0 Å². The first-order valence-corrected chi connectivity index (χ1v) is 9.85. The minimum atomic E-state index is -3.59. The Hall–Kier alpha value is -2.71. The van der Waals surface area contributed by atoms with Crippen LogP contribution < -0.4 is 10.0 Å². The Morgan fingerprint density at radius 2 is 1.67 bits per heavy atom. The quantitative estimate of drug-likeness (QED) is 0.707. The number of carbonyl (C=O) groups is 2. The normalized spacial score (nSPS) is 11.1. The van der Waals surface area contributed by atoms with E-state index in [4.69, 9.17) is 4.74 Å². The number of ether oxygens (including phenoxy) is 1. The molecule has 0 aromatic heterocycles. The Kier molecular flexibility index (Phi) is 6.70. The van der Waals surface area contributed by atoms with Gasteiger partial charge in [-0.25, -0.2) is 17.9 Å². The lowest BCUT2D eigenvalue weighted by atomic mass is 10.1. The molecule has 2 aromatic rings. The molecule has 0 fully saturated rings. The molecule has 2 rings (SSSR count). The number of hydrogen-bond donors (Lipinski definition) is 2. The van der Waals surface area contributed by atoms with E-state index in [1.807, 2.05) is 26.0 Å². The highest BCUT2D eigenvalue weighted by Gasteiger charge is 2.15. The lowest BCUT2D eigenvalue weighted by Gasteiger charge is -2.09. The lowest BCUT2D eigenvalue weighted by molar-refractivity contribution is -0.119. The zero-order valence-corrected chi connectivity index (χ0v) is 16.2. The summed E-state index contributed by atoms with van der Waals surface area (Å²) in [4.78, 5) is 24.0. The van der Waals surface area contributed by atoms with E-state index < -0.39 is 28.5 Å². The average molecular weight is 390 g/mol. The number of anilines is 1. The number of sulfonamides is 1. The minimum Gasteiger partial charge on any atom is -0.452 e. The van der Waals surface area contributed by atoms with Crippen LogP contribution in [0.15, 0.2) is 47.4 Å². The summed E-state index contributed by atoms with van der Waals surface area (Å²) in [6.45, 7) is 5.40. The van der Waals surface area contributed by atoms with E-state index in [9.17, 15) is 18.0 Å². The van der Waals surface area contributed by atoms with Crippen LogP contribution in [0.1, 0.15) is 28.4 Å². The standard InChI is InChI=1S/C19H22N2O5S/c1-4-20-27(24,25)17-9-6-15(7-10-17)19(23)26-12-18(22)21-16-8-5-13(2)14(3)11-16/h5-11,20H,4,12H2,1-3H3,(H,21,22). The van der Waals surface area contributed by atoms with Crippen LogP contribution in [0.25, 0.3) is 0 Å². The molecule has 0 unspecified atom stereocenters. The molecule has 0 saturated carbocycles. The van der Waals surface area contributed by atoms with Crippen molar-refractivity contribution in [1.82, 2.24) is 4.72 Å². The van der Waals surface area contributed by atoms with Crippen molar-refractivity contribution in [3.63, 3.8) is 0 Å². The van der Waals surface area contributed by atoms with Gasteiger partial charge in [-0.05, 0) is 61.4 Å². The molecule has 0 aliphatic rings. The molecule has 1 amide bonds. The number of nitrogens with one attached hydrogen (secondary N) is 2. The molecule has 0 heterocycles. The second-order valence-electron chi connectivity index (χ2n) is 5.95. The zero-order chi connectivity index (χ0) is 20.0. The summed E-state index contributed by atoms with van der Waals surface area (Å²) >= 11 is 0. The van der Waals surface area contributed by atoms with Crippen LogP contribution in [0.3, 0.4) is 0 Å². The fourth-order valence-electron chi connectivity index (χ4n) is 2.27. The highest BCUT2D eigenvalue weighted by Crippen LogP contribution is 2.14. The van der Waals surface area contributed by atoms with Crippen molar-refractivity contribution in [2.24, 2.45) is 0 Å². The molecule has 2 N–H and O–H groups in total. The van der Waals surface area contributed by atoms with Crippen LogP contribution in [0, 0.1) is 13.8 Å². The van der Waals surface area contributed by atoms with Gasteiger partial charge in [0, 0.05) is 12.2 Å². The van der Waals surface area contributed by atoms with Gasteiger partial charge in [-0.15, -0.1) is 0 Å². The van der Waals surface area contributed by atoms with Gasteiger partial charge in [-0.1, -0.05) is 13.0 Å². The van der Waals surface area contributed by atoms with Crippen molar-refractivity contribution in [2.45, 2.75) is 25.7 Å². The van der Waals surface area contributed by atoms with Gasteiger partial charge in [0.05, 0.1) is 10.5 Å². The molecule has 144 valence electrons. The molecule has 0 spiro atoms. The van der Waals surface area contributed by atoms with E-state index in [1.54, 1.807) is 13.0 Å². The van der Waals surface area contributed by atoms with Gasteiger partial charge in [0.15, 0.2) is 6.61 Å². The van der Waals surface area contributed by atoms with Crippen LogP contribution >= 0.6 is 0 Å². The van der Waals surface area contributed by atoms with Gasteiger partial charge in [0.25, 0.3) is 5.91 Å². The largest absolute Gasteiger partial charge is 0.452 e. The van der Waals surface area contributed by atoms with Crippen LogP contribution in [-0.2, 0) is 19.6 Å². The van der Waals surface area contributed by atoms with E-state index in [2.05, 4.69) is 10.0 Å². The fourth-order valence-corrected chi connectivity index (χ4v) is 3.32. The molecule has 0 radical (unpaired) electrons. The molecule has 0 atom stereocenters. The van der Waals surface area contributed by atoms with Crippen molar-refractivity contribution in [1.29, 1.82) is 0 Å². The first-order chi connectivity index (χ1) is 12.7. The Morgan fingerprint density at radius 3 is 2.26 bits per heavy atom. The van der Waals surface area contributed by atoms with Crippen LogP contribution in [0.4, 0.5) is 5.69 Å². The Labute approximate surface area is 158 Å². The highest BCUT2D eigenvalue weighted by molar-refractivity contribution is 7.89. The number of rotatable bonds is 7. The molecule has 0 aliphatic carbocycles. The first kappa shape index (κ1) is 20.6. The topological polar surface area (TPSA) is 102 Å². The van der Waals surface area contributed by atoms with Crippen molar-refractivity contribution < 1.29 is 22.7 Å². The van der Waals surface area contributed by atoms with Crippen LogP contribution in [0.5, 0.6) is 0 Å². The van der Waals surface area contributed by atoms with Gasteiger partial charge >= 0.3 is 5.97 Å². The molecule has 0 aliphatic heterocycles. The fraction of sp³-hybridized carbons (Fsp3) is 0.263. The third kappa shape index (κ3) is 5.63. The summed E-state index contributed by atoms with van der Waals surface area (Å²) in [5.41, 5.74) is 2.93. The van der Waals surface area contributed by atoms with Crippen molar-refractivity contribution in [3.8, 4) is 0 Å². The highest BCUT2D eigenvalue weighted by atomic mass is 32.2. The van der Waals surface area contributed by atoms with E-state index >= 15 is 0 Å². The first-order valence-electron chi connectivity index (χ1n) is 8.37. The number of hydrogen-bond acceptors (Lipinski definition) is 5. The van der Waals surface area contributed by atoms with Crippen molar-refractivity contribution >= 4 is 27.6 Å². The maximum Gasteiger partial charge on any atom is 0.338 e. The number of esters is 1. The SMILES string of the molecule is CCNS(=O)(=O)c1ccc(C(=O)OCC(=O)Nc2ccc(C)c(C)c2)cc1. The Morgan fingerprint density at radius 1 is 1.00 bits per heavy atom. The molecule has 0 saturated heterocycles. The smallest absolute Gasteiger partial charge is 0.338 e. The van der Waals surface area contributed by atoms with Gasteiger partial charge in [0.1, 0.15) is 0 Å².